The van der Waals surface area contributed by atoms with Gasteiger partial charge in [0.2, 0.25) is 0 Å². The summed E-state index contributed by atoms with van der Waals surface area (Å²) >= 11 is 1.58. The number of fused-ring (bicyclic) bond motifs is 1. The van der Waals surface area contributed by atoms with Crippen LogP contribution >= 0.6 is 11.3 Å². The molecule has 166 valence electrons. The quantitative estimate of drug-likeness (QED) is 0.562. The molecule has 0 unspecified atom stereocenters. The van der Waals surface area contributed by atoms with E-state index in [0.29, 0.717) is 18.6 Å². The van der Waals surface area contributed by atoms with Crippen LogP contribution in [0.3, 0.4) is 0 Å². The fourth-order valence-corrected chi connectivity index (χ4v) is 6.19. The minimum atomic E-state index is -3.75. The van der Waals surface area contributed by atoms with E-state index in [-0.39, 0.29) is 16.9 Å². The third-order valence-corrected chi connectivity index (χ3v) is 8.18. The summed E-state index contributed by atoms with van der Waals surface area (Å²) in [4.78, 5) is 15.4. The number of carbonyl (C=O) groups excluding carboxylic acids is 1. The zero-order chi connectivity index (χ0) is 22.4. The molecular formula is C22H27N3O4S2. The van der Waals surface area contributed by atoms with Crippen LogP contribution in [0, 0.1) is 6.92 Å². The summed E-state index contributed by atoms with van der Waals surface area (Å²) in [5.41, 5.74) is 1.10. The summed E-state index contributed by atoms with van der Waals surface area (Å²) in [5, 5.41) is 4.15. The molecule has 0 atom stereocenters. The number of hydrogen-bond donors (Lipinski definition) is 0. The molecule has 0 aliphatic carbocycles. The van der Waals surface area contributed by atoms with Crippen molar-refractivity contribution in [2.24, 2.45) is 0 Å². The van der Waals surface area contributed by atoms with E-state index in [4.69, 9.17) is 4.74 Å². The number of carbonyl (C=O) groups is 1. The number of ether oxygens (including phenoxy) is 1. The summed E-state index contributed by atoms with van der Waals surface area (Å²) in [5.74, 6) is 0.284. The summed E-state index contributed by atoms with van der Waals surface area (Å²) in [7, 11) is -3.75. The number of benzene rings is 1. The average Bonchev–Trinajstić information content (AvgIpc) is 3.28. The van der Waals surface area contributed by atoms with Gasteiger partial charge in [-0.3, -0.25) is 0 Å². The Balaban J connectivity index is 1.52. The van der Waals surface area contributed by atoms with Crippen LogP contribution < -0.4 is 0 Å². The van der Waals surface area contributed by atoms with Crippen molar-refractivity contribution in [2.75, 3.05) is 13.1 Å². The summed E-state index contributed by atoms with van der Waals surface area (Å²) in [6.07, 6.45) is 2.98. The molecule has 1 fully saturated rings. The van der Waals surface area contributed by atoms with Crippen LogP contribution in [0.4, 0.5) is 4.79 Å². The molecule has 31 heavy (non-hydrogen) atoms. The van der Waals surface area contributed by atoms with E-state index in [9.17, 15) is 13.2 Å². The maximum absolute atomic E-state index is 13.1. The van der Waals surface area contributed by atoms with E-state index in [1.54, 1.807) is 46.7 Å². The number of piperidine rings is 1. The summed E-state index contributed by atoms with van der Waals surface area (Å²) < 4.78 is 33.6. The van der Waals surface area contributed by atoms with Crippen LogP contribution in [0.2, 0.25) is 0 Å². The molecule has 0 saturated carbocycles. The molecule has 1 amide bonds. The number of aromatic nitrogens is 2. The predicted octanol–water partition coefficient (Wildman–Crippen LogP) is 4.76. The Kier molecular flexibility index (Phi) is 5.59. The topological polar surface area (TPSA) is 81.5 Å². The van der Waals surface area contributed by atoms with Crippen LogP contribution in [-0.4, -0.2) is 47.3 Å². The lowest BCUT2D eigenvalue weighted by molar-refractivity contribution is 0.0205. The smallest absolute Gasteiger partial charge is 0.410 e. The highest BCUT2D eigenvalue weighted by Crippen LogP contribution is 2.37. The first-order valence-corrected chi connectivity index (χ1v) is 12.6. The SMILES string of the molecule is Cc1ccc(S(=O)(=O)n2ncc3sc(C4CCN(C(=O)OC(C)(C)C)CC4)cc32)cc1. The molecule has 1 aromatic carbocycles. The molecule has 0 spiro atoms. The molecule has 0 N–H and O–H groups in total. The van der Waals surface area contributed by atoms with Gasteiger partial charge in [-0.2, -0.15) is 17.6 Å². The molecular weight excluding hydrogens is 434 g/mol. The number of amides is 1. The second kappa shape index (κ2) is 7.94. The van der Waals surface area contributed by atoms with Gasteiger partial charge in [0.1, 0.15) is 5.60 Å². The van der Waals surface area contributed by atoms with Crippen LogP contribution in [0.15, 0.2) is 41.4 Å². The van der Waals surface area contributed by atoms with E-state index in [1.807, 2.05) is 33.8 Å². The van der Waals surface area contributed by atoms with Gasteiger partial charge in [0.15, 0.2) is 0 Å². The van der Waals surface area contributed by atoms with Crippen molar-refractivity contribution in [1.29, 1.82) is 0 Å². The van der Waals surface area contributed by atoms with Gasteiger partial charge in [-0.1, -0.05) is 17.7 Å². The highest BCUT2D eigenvalue weighted by Gasteiger charge is 2.29. The van der Waals surface area contributed by atoms with Crippen LogP contribution in [-0.2, 0) is 14.8 Å². The Morgan fingerprint density at radius 2 is 1.81 bits per heavy atom. The monoisotopic (exact) mass is 461 g/mol. The third-order valence-electron chi connectivity index (χ3n) is 5.34. The van der Waals surface area contributed by atoms with E-state index >= 15 is 0 Å². The average molecular weight is 462 g/mol. The van der Waals surface area contributed by atoms with Gasteiger partial charge in [-0.25, -0.2) is 4.79 Å². The Bertz CT molecular complexity index is 1200. The number of hydrogen-bond acceptors (Lipinski definition) is 6. The Morgan fingerprint density at radius 3 is 2.42 bits per heavy atom. The van der Waals surface area contributed by atoms with Crippen molar-refractivity contribution in [3.8, 4) is 0 Å². The van der Waals surface area contributed by atoms with Crippen LogP contribution in [0.25, 0.3) is 10.2 Å². The number of thiophene rings is 1. The minimum Gasteiger partial charge on any atom is -0.444 e. The van der Waals surface area contributed by atoms with Gasteiger partial charge in [-0.15, -0.1) is 11.3 Å². The highest BCUT2D eigenvalue weighted by atomic mass is 32.2. The van der Waals surface area contributed by atoms with Gasteiger partial charge in [0.25, 0.3) is 10.0 Å². The molecule has 3 heterocycles. The lowest BCUT2D eigenvalue weighted by Crippen LogP contribution is -2.41. The number of likely N-dealkylation sites (tertiary alicyclic amines) is 1. The lowest BCUT2D eigenvalue weighted by Gasteiger charge is -2.33. The first-order chi connectivity index (χ1) is 14.5. The van der Waals surface area contributed by atoms with Gasteiger partial charge >= 0.3 is 6.09 Å². The predicted molar refractivity (Wildman–Crippen MR) is 121 cm³/mol. The van der Waals surface area contributed by atoms with Crippen molar-refractivity contribution in [1.82, 2.24) is 14.1 Å². The summed E-state index contributed by atoms with van der Waals surface area (Å²) in [6, 6.07) is 8.72. The first-order valence-electron chi connectivity index (χ1n) is 10.3. The fraction of sp³-hybridized carbons (Fsp3) is 0.455. The van der Waals surface area contributed by atoms with Crippen molar-refractivity contribution >= 4 is 37.7 Å². The second-order valence-electron chi connectivity index (χ2n) is 8.95. The minimum absolute atomic E-state index is 0.224. The molecule has 7 nitrogen and oxygen atoms in total. The molecule has 1 aliphatic heterocycles. The van der Waals surface area contributed by atoms with Crippen LogP contribution in [0.5, 0.6) is 0 Å². The van der Waals surface area contributed by atoms with Gasteiger partial charge in [0.05, 0.1) is 21.3 Å². The Hall–Kier alpha value is -2.39. The fourth-order valence-electron chi connectivity index (χ4n) is 3.70. The van der Waals surface area contributed by atoms with Crippen molar-refractivity contribution < 1.29 is 17.9 Å². The molecule has 0 radical (unpaired) electrons. The Labute approximate surface area is 186 Å². The molecule has 1 aliphatic rings. The third kappa shape index (κ3) is 4.48. The zero-order valence-corrected chi connectivity index (χ0v) is 19.8. The van der Waals surface area contributed by atoms with Gasteiger partial charge in [-0.05, 0) is 64.7 Å². The second-order valence-corrected chi connectivity index (χ2v) is 11.8. The number of aryl methyl sites for hydroxylation is 1. The van der Waals surface area contributed by atoms with Gasteiger partial charge in [0, 0.05) is 18.0 Å². The maximum atomic E-state index is 13.1. The highest BCUT2D eigenvalue weighted by molar-refractivity contribution is 7.90. The number of rotatable bonds is 3. The normalized spacial score (nSPS) is 16.1. The van der Waals surface area contributed by atoms with E-state index < -0.39 is 15.6 Å². The molecule has 3 aromatic rings. The maximum Gasteiger partial charge on any atom is 0.410 e. The molecule has 1 saturated heterocycles. The first kappa shape index (κ1) is 21.8. The molecule has 0 bridgehead atoms. The number of nitrogens with zero attached hydrogens (tertiary/aromatic N) is 3. The zero-order valence-electron chi connectivity index (χ0n) is 18.2. The van der Waals surface area contributed by atoms with E-state index in [2.05, 4.69) is 5.10 Å². The van der Waals surface area contributed by atoms with Crippen molar-refractivity contribution in [2.45, 2.75) is 57.0 Å². The molecule has 9 heteroatoms. The molecule has 4 rings (SSSR count). The molecule has 2 aromatic heterocycles. The largest absolute Gasteiger partial charge is 0.444 e. The van der Waals surface area contributed by atoms with E-state index in [1.165, 1.54) is 0 Å². The lowest BCUT2D eigenvalue weighted by atomic mass is 9.95. The Morgan fingerprint density at radius 1 is 1.16 bits per heavy atom. The van der Waals surface area contributed by atoms with Crippen molar-refractivity contribution in [3.63, 3.8) is 0 Å². The van der Waals surface area contributed by atoms with Gasteiger partial charge < -0.3 is 9.64 Å². The standard InChI is InChI=1S/C22H27N3O4S2/c1-15-5-7-17(8-6-15)31(27,28)25-18-13-19(30-20(18)14-23-25)16-9-11-24(12-10-16)21(26)29-22(2,3)4/h5-8,13-14,16H,9-12H2,1-4H3. The van der Waals surface area contributed by atoms with Crippen molar-refractivity contribution in [3.05, 3.63) is 47.0 Å². The summed E-state index contributed by atoms with van der Waals surface area (Å²) in [6.45, 7) is 8.76. The van der Waals surface area contributed by atoms with Crippen LogP contribution in [0.1, 0.15) is 50.0 Å². The van der Waals surface area contributed by atoms with E-state index in [0.717, 1.165) is 32.1 Å².